The molecule has 1 N–H and O–H groups in total. The Balaban J connectivity index is 1.94. The number of rotatable bonds is 4. The molecule has 1 aliphatic heterocycles. The molecule has 0 bridgehead atoms. The van der Waals surface area contributed by atoms with Crippen molar-refractivity contribution in [1.82, 2.24) is 10.2 Å². The molecule has 4 heteroatoms. The van der Waals surface area contributed by atoms with Gasteiger partial charge in [-0.3, -0.25) is 10.1 Å². The molecule has 1 saturated carbocycles. The first-order valence-electron chi connectivity index (χ1n) is 7.38. The average molecular weight is 276 g/mol. The second-order valence-electron chi connectivity index (χ2n) is 6.15. The van der Waals surface area contributed by atoms with Crippen molar-refractivity contribution in [1.29, 1.82) is 0 Å². The van der Waals surface area contributed by atoms with Crippen molar-refractivity contribution in [2.75, 3.05) is 6.54 Å². The van der Waals surface area contributed by atoms with E-state index < -0.39 is 5.54 Å². The average Bonchev–Trinajstić information content (AvgIpc) is 3.22. The molecule has 20 heavy (non-hydrogen) atoms. The Labute approximate surface area is 119 Å². The highest BCUT2D eigenvalue weighted by molar-refractivity contribution is 5.88. The number of carbonyl (C=O) groups excluding carboxylic acids is 1. The van der Waals surface area contributed by atoms with Gasteiger partial charge in [-0.25, -0.2) is 4.39 Å². The maximum absolute atomic E-state index is 14.1. The smallest absolute Gasteiger partial charge is 0.244 e. The van der Waals surface area contributed by atoms with Gasteiger partial charge in [-0.05, 0) is 38.2 Å². The monoisotopic (exact) mass is 276 g/mol. The van der Waals surface area contributed by atoms with Gasteiger partial charge in [0.15, 0.2) is 0 Å². The van der Waals surface area contributed by atoms with Gasteiger partial charge in [0, 0.05) is 12.1 Å². The summed E-state index contributed by atoms with van der Waals surface area (Å²) in [5, 5.41) is 3.34. The summed E-state index contributed by atoms with van der Waals surface area (Å²) in [5.74, 6) is 0.438. The fourth-order valence-corrected chi connectivity index (χ4v) is 2.84. The van der Waals surface area contributed by atoms with E-state index in [4.69, 9.17) is 0 Å². The molecule has 2 atom stereocenters. The van der Waals surface area contributed by atoms with Crippen LogP contribution in [-0.4, -0.2) is 22.9 Å². The van der Waals surface area contributed by atoms with Crippen LogP contribution >= 0.6 is 0 Å². The third-order valence-electron chi connectivity index (χ3n) is 4.56. The van der Waals surface area contributed by atoms with Crippen LogP contribution in [0.25, 0.3) is 0 Å². The number of hydrogen-bond acceptors (Lipinski definition) is 2. The van der Waals surface area contributed by atoms with Crippen LogP contribution in [0, 0.1) is 11.7 Å². The molecule has 2 unspecified atom stereocenters. The Morgan fingerprint density at radius 1 is 1.40 bits per heavy atom. The van der Waals surface area contributed by atoms with Crippen molar-refractivity contribution in [3.8, 4) is 0 Å². The van der Waals surface area contributed by atoms with Gasteiger partial charge in [-0.2, -0.15) is 0 Å². The zero-order valence-corrected chi connectivity index (χ0v) is 12.0. The lowest BCUT2D eigenvalue weighted by atomic mass is 9.99. The predicted octanol–water partition coefficient (Wildman–Crippen LogP) is 2.83. The number of nitrogens with zero attached hydrogens (tertiary/aromatic N) is 1. The molecule has 1 heterocycles. The normalized spacial score (nSPS) is 30.1. The van der Waals surface area contributed by atoms with Crippen LogP contribution in [0.3, 0.4) is 0 Å². The lowest BCUT2D eigenvalue weighted by molar-refractivity contribution is -0.133. The zero-order valence-electron chi connectivity index (χ0n) is 12.0. The van der Waals surface area contributed by atoms with E-state index in [9.17, 15) is 9.18 Å². The first-order chi connectivity index (χ1) is 9.55. The molecular formula is C16H21FN2O. The fourth-order valence-electron chi connectivity index (χ4n) is 2.84. The maximum Gasteiger partial charge on any atom is 0.244 e. The summed E-state index contributed by atoms with van der Waals surface area (Å²) in [6, 6.07) is 6.72. The van der Waals surface area contributed by atoms with E-state index in [-0.39, 0.29) is 17.9 Å². The van der Waals surface area contributed by atoms with E-state index in [2.05, 4.69) is 5.32 Å². The first kappa shape index (κ1) is 13.6. The first-order valence-corrected chi connectivity index (χ1v) is 7.38. The van der Waals surface area contributed by atoms with Gasteiger partial charge >= 0.3 is 0 Å². The third kappa shape index (κ3) is 2.22. The van der Waals surface area contributed by atoms with Crippen LogP contribution in [0.5, 0.6) is 0 Å². The molecule has 1 aromatic carbocycles. The topological polar surface area (TPSA) is 32.3 Å². The Morgan fingerprint density at radius 2 is 2.10 bits per heavy atom. The molecule has 108 valence electrons. The van der Waals surface area contributed by atoms with E-state index in [0.29, 0.717) is 17.9 Å². The number of benzene rings is 1. The molecule has 1 aliphatic carbocycles. The molecule has 3 rings (SSSR count). The second kappa shape index (κ2) is 4.85. The summed E-state index contributed by atoms with van der Waals surface area (Å²) in [4.78, 5) is 14.5. The van der Waals surface area contributed by atoms with E-state index in [1.54, 1.807) is 12.1 Å². The quantitative estimate of drug-likeness (QED) is 0.917. The lowest BCUT2D eigenvalue weighted by Gasteiger charge is -2.24. The van der Waals surface area contributed by atoms with Crippen LogP contribution < -0.4 is 5.32 Å². The maximum atomic E-state index is 14.1. The largest absolute Gasteiger partial charge is 0.321 e. The van der Waals surface area contributed by atoms with Gasteiger partial charge in [0.25, 0.3) is 0 Å². The van der Waals surface area contributed by atoms with Crippen LogP contribution in [0.15, 0.2) is 24.3 Å². The van der Waals surface area contributed by atoms with Crippen LogP contribution in [-0.2, 0) is 4.79 Å². The summed E-state index contributed by atoms with van der Waals surface area (Å²) >= 11 is 0. The molecule has 0 radical (unpaired) electrons. The Bertz CT molecular complexity index is 529. The molecule has 1 amide bonds. The molecule has 1 saturated heterocycles. The van der Waals surface area contributed by atoms with Crippen molar-refractivity contribution in [2.24, 2.45) is 5.92 Å². The molecular weight excluding hydrogens is 255 g/mol. The minimum atomic E-state index is -0.582. The van der Waals surface area contributed by atoms with Crippen molar-refractivity contribution in [3.63, 3.8) is 0 Å². The van der Waals surface area contributed by atoms with Crippen molar-refractivity contribution < 1.29 is 9.18 Å². The van der Waals surface area contributed by atoms with Crippen molar-refractivity contribution >= 4 is 5.91 Å². The SMILES string of the molecule is CCC1(C)NC(c2ccccc2F)N(CC2CC2)C1=O. The standard InChI is InChI=1S/C16H21FN2O/c1-3-16(2)15(20)19(10-11-8-9-11)14(18-16)12-6-4-5-7-13(12)17/h4-7,11,14,18H,3,8-10H2,1-2H3. The van der Waals surface area contributed by atoms with Crippen LogP contribution in [0.1, 0.15) is 44.8 Å². The summed E-state index contributed by atoms with van der Waals surface area (Å²) in [5.41, 5.74) is -0.0133. The predicted molar refractivity (Wildman–Crippen MR) is 75.4 cm³/mol. The van der Waals surface area contributed by atoms with Crippen LogP contribution in [0.4, 0.5) is 4.39 Å². The fraction of sp³-hybridized carbons (Fsp3) is 0.562. The minimum absolute atomic E-state index is 0.0974. The van der Waals surface area contributed by atoms with Gasteiger partial charge in [0.1, 0.15) is 12.0 Å². The number of nitrogens with one attached hydrogen (secondary N) is 1. The lowest BCUT2D eigenvalue weighted by Crippen LogP contribution is -2.43. The molecule has 0 spiro atoms. The Morgan fingerprint density at radius 3 is 2.70 bits per heavy atom. The minimum Gasteiger partial charge on any atom is -0.321 e. The van der Waals surface area contributed by atoms with E-state index >= 15 is 0 Å². The molecule has 0 aromatic heterocycles. The van der Waals surface area contributed by atoms with E-state index in [1.165, 1.54) is 18.9 Å². The van der Waals surface area contributed by atoms with Gasteiger partial charge in [-0.15, -0.1) is 0 Å². The molecule has 1 aromatic rings. The second-order valence-corrected chi connectivity index (χ2v) is 6.15. The summed E-state index contributed by atoms with van der Waals surface area (Å²) < 4.78 is 14.1. The Kier molecular flexibility index (Phi) is 3.28. The highest BCUT2D eigenvalue weighted by Crippen LogP contribution is 2.38. The highest BCUT2D eigenvalue weighted by Gasteiger charge is 2.48. The Hall–Kier alpha value is -1.42. The molecule has 3 nitrogen and oxygen atoms in total. The summed E-state index contributed by atoms with van der Waals surface area (Å²) in [7, 11) is 0. The zero-order chi connectivity index (χ0) is 14.3. The van der Waals surface area contributed by atoms with Crippen molar-refractivity contribution in [3.05, 3.63) is 35.6 Å². The van der Waals surface area contributed by atoms with E-state index in [0.717, 1.165) is 6.54 Å². The van der Waals surface area contributed by atoms with Crippen molar-refractivity contribution in [2.45, 2.75) is 44.8 Å². The van der Waals surface area contributed by atoms with Gasteiger partial charge < -0.3 is 4.90 Å². The number of carbonyl (C=O) groups is 1. The molecule has 2 fully saturated rings. The molecule has 2 aliphatic rings. The number of hydrogen-bond donors (Lipinski definition) is 1. The third-order valence-corrected chi connectivity index (χ3v) is 4.56. The summed E-state index contributed by atoms with van der Waals surface area (Å²) in [6.45, 7) is 4.64. The summed E-state index contributed by atoms with van der Waals surface area (Å²) in [6.07, 6.45) is 2.72. The highest BCUT2D eigenvalue weighted by atomic mass is 19.1. The number of halogens is 1. The van der Waals surface area contributed by atoms with E-state index in [1.807, 2.05) is 24.8 Å². The van der Waals surface area contributed by atoms with Crippen LogP contribution in [0.2, 0.25) is 0 Å². The van der Waals surface area contributed by atoms with Gasteiger partial charge in [0.2, 0.25) is 5.91 Å². The van der Waals surface area contributed by atoms with Gasteiger partial charge in [0.05, 0.1) is 5.54 Å². The van der Waals surface area contributed by atoms with Gasteiger partial charge in [-0.1, -0.05) is 25.1 Å². The number of amides is 1.